The quantitative estimate of drug-likeness (QED) is 0.307. The van der Waals surface area contributed by atoms with Crippen LogP contribution in [-0.4, -0.2) is 48.8 Å². The molecule has 0 saturated carbocycles. The van der Waals surface area contributed by atoms with Gasteiger partial charge in [-0.25, -0.2) is 5.43 Å². The average molecular weight is 336 g/mol. The van der Waals surface area contributed by atoms with E-state index in [2.05, 4.69) is 15.7 Å². The van der Waals surface area contributed by atoms with Crippen molar-refractivity contribution in [3.05, 3.63) is 24.3 Å². The molecule has 0 bridgehead atoms. The summed E-state index contributed by atoms with van der Waals surface area (Å²) in [6.45, 7) is 1.23. The smallest absolute Gasteiger partial charge is 0.329 e. The molecule has 0 aliphatic rings. The summed E-state index contributed by atoms with van der Waals surface area (Å²) in [4.78, 5) is 34.6. The van der Waals surface area contributed by atoms with Crippen LogP contribution < -0.4 is 20.8 Å². The normalized spacial score (nSPS) is 10.7. The molecule has 0 spiro atoms. The number of hydrogen-bond donors (Lipinski definition) is 4. The van der Waals surface area contributed by atoms with Gasteiger partial charge in [0.25, 0.3) is 0 Å². The van der Waals surface area contributed by atoms with Gasteiger partial charge in [-0.2, -0.15) is 5.10 Å². The molecular weight excluding hydrogens is 316 g/mol. The lowest BCUT2D eigenvalue weighted by atomic mass is 10.2. The van der Waals surface area contributed by atoms with E-state index in [0.717, 1.165) is 0 Å². The molecule has 3 amide bonds. The zero-order valence-electron chi connectivity index (χ0n) is 13.5. The number of nitrogens with zero attached hydrogens (tertiary/aromatic N) is 1. The Morgan fingerprint density at radius 3 is 2.58 bits per heavy atom. The van der Waals surface area contributed by atoms with E-state index >= 15 is 0 Å². The van der Waals surface area contributed by atoms with E-state index in [0.29, 0.717) is 17.1 Å². The summed E-state index contributed by atoms with van der Waals surface area (Å²) in [5.74, 6) is -1.72. The van der Waals surface area contributed by atoms with Crippen molar-refractivity contribution in [2.45, 2.75) is 13.3 Å². The van der Waals surface area contributed by atoms with E-state index in [1.165, 1.54) is 14.0 Å². The Morgan fingerprint density at radius 1 is 1.21 bits per heavy atom. The van der Waals surface area contributed by atoms with Crippen molar-refractivity contribution in [1.29, 1.82) is 0 Å². The highest BCUT2D eigenvalue weighted by Gasteiger charge is 2.12. The molecule has 9 heteroatoms. The van der Waals surface area contributed by atoms with Crippen molar-refractivity contribution >= 4 is 29.1 Å². The van der Waals surface area contributed by atoms with Gasteiger partial charge < -0.3 is 20.5 Å². The molecule has 0 radical (unpaired) electrons. The number of anilines is 1. The van der Waals surface area contributed by atoms with Crippen LogP contribution in [0.1, 0.15) is 13.3 Å². The lowest BCUT2D eigenvalue weighted by molar-refractivity contribution is -0.139. The van der Waals surface area contributed by atoms with Gasteiger partial charge in [-0.05, 0) is 19.1 Å². The fraction of sp³-hybridized carbons (Fsp3) is 0.333. The SMILES string of the molecule is COc1ccccc1NC(=O)C/C(C)=N/NC(=O)C(=O)NCCO. The number of amides is 3. The third-order valence-corrected chi connectivity index (χ3v) is 2.75. The third-order valence-electron chi connectivity index (χ3n) is 2.75. The molecular formula is C15H20N4O5. The van der Waals surface area contributed by atoms with Crippen LogP contribution in [0, 0.1) is 0 Å². The predicted octanol–water partition coefficient (Wildman–Crippen LogP) is -0.376. The first kappa shape index (κ1) is 19.1. The van der Waals surface area contributed by atoms with Crippen LogP contribution in [-0.2, 0) is 14.4 Å². The zero-order chi connectivity index (χ0) is 17.9. The Kier molecular flexibility index (Phi) is 7.92. The standard InChI is InChI=1S/C15H20N4O5/c1-10(18-19-15(23)14(22)16-7-8-20)9-13(21)17-11-5-3-4-6-12(11)24-2/h3-6,20H,7-9H2,1-2H3,(H,16,22)(H,17,21)(H,19,23)/b18-10+. The average Bonchev–Trinajstić information content (AvgIpc) is 2.57. The Labute approximate surface area is 139 Å². The number of benzene rings is 1. The fourth-order valence-electron chi connectivity index (χ4n) is 1.66. The first-order valence-corrected chi connectivity index (χ1v) is 7.13. The molecule has 1 aromatic rings. The lowest BCUT2D eigenvalue weighted by Crippen LogP contribution is -2.39. The number of hydrogen-bond acceptors (Lipinski definition) is 6. The van der Waals surface area contributed by atoms with Crippen molar-refractivity contribution in [1.82, 2.24) is 10.7 Å². The molecule has 0 heterocycles. The number of para-hydroxylation sites is 2. The topological polar surface area (TPSA) is 129 Å². The van der Waals surface area contributed by atoms with Gasteiger partial charge in [0, 0.05) is 12.3 Å². The molecule has 0 atom stereocenters. The highest BCUT2D eigenvalue weighted by Crippen LogP contribution is 2.22. The first-order valence-electron chi connectivity index (χ1n) is 7.13. The maximum atomic E-state index is 11.9. The lowest BCUT2D eigenvalue weighted by Gasteiger charge is -2.09. The van der Waals surface area contributed by atoms with E-state index in [9.17, 15) is 14.4 Å². The number of aliphatic hydroxyl groups is 1. The number of hydrazone groups is 1. The largest absolute Gasteiger partial charge is 0.495 e. The number of carbonyl (C=O) groups is 3. The van der Waals surface area contributed by atoms with Crippen LogP contribution in [0.25, 0.3) is 0 Å². The molecule has 0 aromatic heterocycles. The number of carbonyl (C=O) groups excluding carboxylic acids is 3. The van der Waals surface area contributed by atoms with Gasteiger partial charge in [0.2, 0.25) is 5.91 Å². The van der Waals surface area contributed by atoms with Crippen LogP contribution in [0.15, 0.2) is 29.4 Å². The molecule has 0 unspecified atom stereocenters. The highest BCUT2D eigenvalue weighted by molar-refractivity contribution is 6.35. The number of ether oxygens (including phenoxy) is 1. The number of methoxy groups -OCH3 is 1. The maximum absolute atomic E-state index is 11.9. The minimum absolute atomic E-state index is 0.0315. The van der Waals surface area contributed by atoms with Crippen LogP contribution in [0.3, 0.4) is 0 Å². The van der Waals surface area contributed by atoms with Crippen LogP contribution in [0.5, 0.6) is 5.75 Å². The molecule has 1 rings (SSSR count). The molecule has 0 aliphatic carbocycles. The fourth-order valence-corrected chi connectivity index (χ4v) is 1.66. The Bertz CT molecular complexity index is 630. The maximum Gasteiger partial charge on any atom is 0.329 e. The summed E-state index contributed by atoms with van der Waals surface area (Å²) in [6.07, 6.45) is -0.0728. The van der Waals surface area contributed by atoms with E-state index in [1.54, 1.807) is 24.3 Å². The van der Waals surface area contributed by atoms with Crippen molar-refractivity contribution in [3.63, 3.8) is 0 Å². The molecule has 0 aliphatic heterocycles. The summed E-state index contributed by atoms with van der Waals surface area (Å²) in [7, 11) is 1.50. The van der Waals surface area contributed by atoms with Gasteiger partial charge in [-0.3, -0.25) is 14.4 Å². The van der Waals surface area contributed by atoms with Gasteiger partial charge in [0.15, 0.2) is 0 Å². The molecule has 0 fully saturated rings. The van der Waals surface area contributed by atoms with E-state index in [-0.39, 0.29) is 25.5 Å². The summed E-state index contributed by atoms with van der Waals surface area (Å²) in [5.41, 5.74) is 2.86. The molecule has 4 N–H and O–H groups in total. The first-order chi connectivity index (χ1) is 11.5. The summed E-state index contributed by atoms with van der Waals surface area (Å²) in [5, 5.41) is 17.1. The highest BCUT2D eigenvalue weighted by atomic mass is 16.5. The Hall–Kier alpha value is -2.94. The second-order valence-electron chi connectivity index (χ2n) is 4.69. The molecule has 9 nitrogen and oxygen atoms in total. The van der Waals surface area contributed by atoms with Gasteiger partial charge in [-0.15, -0.1) is 0 Å². The molecule has 130 valence electrons. The third kappa shape index (κ3) is 6.44. The summed E-state index contributed by atoms with van der Waals surface area (Å²) >= 11 is 0. The monoisotopic (exact) mass is 336 g/mol. The van der Waals surface area contributed by atoms with Crippen LogP contribution >= 0.6 is 0 Å². The number of aliphatic hydroxyl groups excluding tert-OH is 1. The predicted molar refractivity (Wildman–Crippen MR) is 87.6 cm³/mol. The second kappa shape index (κ2) is 9.95. The van der Waals surface area contributed by atoms with Crippen molar-refractivity contribution in [2.24, 2.45) is 5.10 Å². The Morgan fingerprint density at radius 2 is 1.92 bits per heavy atom. The van der Waals surface area contributed by atoms with Crippen LogP contribution in [0.2, 0.25) is 0 Å². The Balaban J connectivity index is 2.51. The van der Waals surface area contributed by atoms with Gasteiger partial charge in [-0.1, -0.05) is 12.1 Å². The van der Waals surface area contributed by atoms with E-state index in [1.807, 2.05) is 5.43 Å². The zero-order valence-corrected chi connectivity index (χ0v) is 13.5. The van der Waals surface area contributed by atoms with Crippen molar-refractivity contribution in [2.75, 3.05) is 25.6 Å². The van der Waals surface area contributed by atoms with Gasteiger partial charge in [0.05, 0.1) is 25.8 Å². The number of nitrogens with one attached hydrogen (secondary N) is 3. The minimum atomic E-state index is -0.979. The minimum Gasteiger partial charge on any atom is -0.495 e. The van der Waals surface area contributed by atoms with Crippen molar-refractivity contribution < 1.29 is 24.2 Å². The molecule has 0 saturated heterocycles. The molecule has 1 aromatic carbocycles. The van der Waals surface area contributed by atoms with Gasteiger partial charge >= 0.3 is 11.8 Å². The van der Waals surface area contributed by atoms with E-state index in [4.69, 9.17) is 9.84 Å². The van der Waals surface area contributed by atoms with E-state index < -0.39 is 11.8 Å². The number of rotatable bonds is 7. The van der Waals surface area contributed by atoms with Crippen molar-refractivity contribution in [3.8, 4) is 5.75 Å². The summed E-state index contributed by atoms with van der Waals surface area (Å²) < 4.78 is 5.12. The second-order valence-corrected chi connectivity index (χ2v) is 4.69. The van der Waals surface area contributed by atoms with Gasteiger partial charge in [0.1, 0.15) is 5.75 Å². The van der Waals surface area contributed by atoms with Crippen LogP contribution in [0.4, 0.5) is 5.69 Å². The summed E-state index contributed by atoms with van der Waals surface area (Å²) in [6, 6.07) is 6.93. The molecule has 24 heavy (non-hydrogen) atoms.